The molecule has 2 aromatic carbocycles. The first-order valence-electron chi connectivity index (χ1n) is 10.3. The van der Waals surface area contributed by atoms with Crippen LogP contribution >= 0.6 is 22.9 Å². The van der Waals surface area contributed by atoms with Crippen LogP contribution < -0.4 is 4.80 Å². The predicted octanol–water partition coefficient (Wildman–Crippen LogP) is 4.22. The highest BCUT2D eigenvalue weighted by Crippen LogP contribution is 2.28. The second kappa shape index (κ2) is 8.86. The maximum absolute atomic E-state index is 13.2. The van der Waals surface area contributed by atoms with Gasteiger partial charge in [-0.1, -0.05) is 42.0 Å². The number of hydrogen-bond donors (Lipinski definition) is 0. The standard InChI is InChI=1S/C22H24ClN3O3S2/c1-3-15-7-5-9-19-20(15)25(4-2)22(30-19)24-21(27)18-8-6-14-26(18)31(28,29)17-12-10-16(23)11-13-17/h5,7,9-13,18H,3-4,6,8,14H2,1-2H3. The number of para-hydroxylation sites is 1. The van der Waals surface area contributed by atoms with Gasteiger partial charge in [0.15, 0.2) is 4.80 Å². The Kier molecular flexibility index (Phi) is 6.35. The van der Waals surface area contributed by atoms with Crippen LogP contribution in [-0.2, 0) is 27.8 Å². The summed E-state index contributed by atoms with van der Waals surface area (Å²) in [6.45, 7) is 5.11. The van der Waals surface area contributed by atoms with E-state index in [0.29, 0.717) is 35.8 Å². The minimum Gasteiger partial charge on any atom is -0.316 e. The van der Waals surface area contributed by atoms with Crippen molar-refractivity contribution in [2.75, 3.05) is 6.54 Å². The Morgan fingerprint density at radius 2 is 1.94 bits per heavy atom. The Morgan fingerprint density at radius 3 is 2.61 bits per heavy atom. The van der Waals surface area contributed by atoms with Crippen molar-refractivity contribution < 1.29 is 13.2 Å². The summed E-state index contributed by atoms with van der Waals surface area (Å²) >= 11 is 7.36. The molecule has 4 rings (SSSR count). The van der Waals surface area contributed by atoms with Gasteiger partial charge in [0.25, 0.3) is 5.91 Å². The van der Waals surface area contributed by atoms with E-state index in [0.717, 1.165) is 16.6 Å². The summed E-state index contributed by atoms with van der Waals surface area (Å²) in [5.41, 5.74) is 2.30. The number of halogens is 1. The number of nitrogens with zero attached hydrogens (tertiary/aromatic N) is 3. The minimum atomic E-state index is -3.80. The molecule has 1 aliphatic rings. The maximum Gasteiger partial charge on any atom is 0.266 e. The molecule has 0 radical (unpaired) electrons. The van der Waals surface area contributed by atoms with E-state index in [-0.39, 0.29) is 4.90 Å². The number of carbonyl (C=O) groups excluding carboxylic acids is 1. The number of thiazole rings is 1. The first-order chi connectivity index (χ1) is 14.9. The van der Waals surface area contributed by atoms with Crippen LogP contribution in [-0.4, -0.2) is 35.8 Å². The zero-order valence-electron chi connectivity index (χ0n) is 17.4. The lowest BCUT2D eigenvalue weighted by molar-refractivity contribution is -0.121. The first-order valence-corrected chi connectivity index (χ1v) is 13.0. The van der Waals surface area contributed by atoms with Gasteiger partial charge < -0.3 is 4.57 Å². The molecule has 6 nitrogen and oxygen atoms in total. The third kappa shape index (κ3) is 4.09. The smallest absolute Gasteiger partial charge is 0.266 e. The fourth-order valence-electron chi connectivity index (χ4n) is 4.05. The van der Waals surface area contributed by atoms with Crippen LogP contribution in [0.1, 0.15) is 32.3 Å². The molecule has 2 heterocycles. The molecule has 1 fully saturated rings. The molecule has 1 aromatic heterocycles. The molecule has 164 valence electrons. The van der Waals surface area contributed by atoms with Gasteiger partial charge in [0, 0.05) is 18.1 Å². The van der Waals surface area contributed by atoms with Crippen LogP contribution in [0.2, 0.25) is 5.02 Å². The van der Waals surface area contributed by atoms with Crippen LogP contribution in [0.15, 0.2) is 52.4 Å². The van der Waals surface area contributed by atoms with Gasteiger partial charge in [-0.2, -0.15) is 9.30 Å². The van der Waals surface area contributed by atoms with Gasteiger partial charge in [-0.3, -0.25) is 4.79 Å². The number of aromatic nitrogens is 1. The van der Waals surface area contributed by atoms with Crippen LogP contribution in [0.25, 0.3) is 10.2 Å². The summed E-state index contributed by atoms with van der Waals surface area (Å²) in [5.74, 6) is -0.415. The highest BCUT2D eigenvalue weighted by Gasteiger charge is 2.39. The Morgan fingerprint density at radius 1 is 1.19 bits per heavy atom. The third-order valence-electron chi connectivity index (χ3n) is 5.60. The van der Waals surface area contributed by atoms with Crippen molar-refractivity contribution in [3.8, 4) is 0 Å². The van der Waals surface area contributed by atoms with Crippen molar-refractivity contribution in [1.29, 1.82) is 0 Å². The van der Waals surface area contributed by atoms with Crippen LogP contribution in [0.3, 0.4) is 0 Å². The normalized spacial score (nSPS) is 18.2. The monoisotopic (exact) mass is 477 g/mol. The van der Waals surface area contributed by atoms with Crippen molar-refractivity contribution >= 4 is 49.1 Å². The summed E-state index contributed by atoms with van der Waals surface area (Å²) in [5, 5.41) is 0.461. The van der Waals surface area contributed by atoms with Crippen molar-refractivity contribution in [2.45, 2.75) is 50.6 Å². The molecule has 1 saturated heterocycles. The van der Waals surface area contributed by atoms with Gasteiger partial charge in [-0.25, -0.2) is 8.42 Å². The Hall–Kier alpha value is -2.00. The molecule has 1 atom stereocenters. The molecule has 0 spiro atoms. The number of benzene rings is 2. The number of hydrogen-bond acceptors (Lipinski definition) is 4. The molecule has 0 saturated carbocycles. The van der Waals surface area contributed by atoms with E-state index < -0.39 is 22.0 Å². The van der Waals surface area contributed by atoms with Gasteiger partial charge in [-0.05, 0) is 62.1 Å². The maximum atomic E-state index is 13.2. The molecule has 0 aliphatic carbocycles. The van der Waals surface area contributed by atoms with Gasteiger partial charge >= 0.3 is 0 Å². The van der Waals surface area contributed by atoms with E-state index in [4.69, 9.17) is 11.6 Å². The largest absolute Gasteiger partial charge is 0.316 e. The number of sulfonamides is 1. The molecular formula is C22H24ClN3O3S2. The molecular weight excluding hydrogens is 454 g/mol. The lowest BCUT2D eigenvalue weighted by atomic mass is 10.1. The molecule has 1 aliphatic heterocycles. The Bertz CT molecular complexity index is 1290. The fraction of sp³-hybridized carbons (Fsp3) is 0.364. The van der Waals surface area contributed by atoms with Gasteiger partial charge in [0.2, 0.25) is 10.0 Å². The predicted molar refractivity (Wildman–Crippen MR) is 124 cm³/mol. The average Bonchev–Trinajstić information content (AvgIpc) is 3.39. The van der Waals surface area contributed by atoms with E-state index in [1.165, 1.54) is 33.3 Å². The van der Waals surface area contributed by atoms with Crippen LogP contribution in [0.5, 0.6) is 0 Å². The zero-order valence-corrected chi connectivity index (χ0v) is 19.8. The minimum absolute atomic E-state index is 0.134. The van der Waals surface area contributed by atoms with Gasteiger partial charge in [-0.15, -0.1) is 0 Å². The molecule has 1 unspecified atom stereocenters. The van der Waals surface area contributed by atoms with E-state index in [1.54, 1.807) is 12.1 Å². The second-order valence-corrected chi connectivity index (χ2v) is 10.8. The highest BCUT2D eigenvalue weighted by molar-refractivity contribution is 7.89. The number of aryl methyl sites for hydroxylation is 2. The average molecular weight is 478 g/mol. The van der Waals surface area contributed by atoms with Gasteiger partial charge in [0.1, 0.15) is 6.04 Å². The number of amides is 1. The summed E-state index contributed by atoms with van der Waals surface area (Å²) in [6, 6.07) is 11.4. The quantitative estimate of drug-likeness (QED) is 0.552. The molecule has 0 N–H and O–H groups in total. The molecule has 3 aromatic rings. The van der Waals surface area contributed by atoms with Crippen molar-refractivity contribution in [3.05, 3.63) is 57.9 Å². The zero-order chi connectivity index (χ0) is 22.2. The Labute approximate surface area is 190 Å². The van der Waals surface area contributed by atoms with E-state index in [9.17, 15) is 13.2 Å². The summed E-state index contributed by atoms with van der Waals surface area (Å²) in [7, 11) is -3.80. The SMILES string of the molecule is CCc1cccc2sc(=NC(=O)C3CCCN3S(=O)(=O)c3ccc(Cl)cc3)n(CC)c12. The van der Waals surface area contributed by atoms with E-state index in [2.05, 4.69) is 18.0 Å². The first kappa shape index (κ1) is 22.2. The molecule has 0 bridgehead atoms. The number of carbonyl (C=O) groups is 1. The van der Waals surface area contributed by atoms with Crippen molar-refractivity contribution in [3.63, 3.8) is 0 Å². The van der Waals surface area contributed by atoms with Crippen molar-refractivity contribution in [2.24, 2.45) is 4.99 Å². The lowest BCUT2D eigenvalue weighted by Crippen LogP contribution is -2.40. The molecule has 1 amide bonds. The second-order valence-electron chi connectivity index (χ2n) is 7.42. The van der Waals surface area contributed by atoms with E-state index >= 15 is 0 Å². The van der Waals surface area contributed by atoms with Gasteiger partial charge in [0.05, 0.1) is 15.1 Å². The molecule has 9 heteroatoms. The lowest BCUT2D eigenvalue weighted by Gasteiger charge is -2.21. The molecule has 31 heavy (non-hydrogen) atoms. The summed E-state index contributed by atoms with van der Waals surface area (Å²) in [6.07, 6.45) is 1.97. The fourth-order valence-corrected chi connectivity index (χ4v) is 6.98. The third-order valence-corrected chi connectivity index (χ3v) is 8.81. The van der Waals surface area contributed by atoms with Crippen LogP contribution in [0.4, 0.5) is 0 Å². The number of fused-ring (bicyclic) bond motifs is 1. The number of rotatable bonds is 5. The van der Waals surface area contributed by atoms with Crippen molar-refractivity contribution in [1.82, 2.24) is 8.87 Å². The summed E-state index contributed by atoms with van der Waals surface area (Å²) < 4.78 is 30.7. The van der Waals surface area contributed by atoms with Crippen LogP contribution in [0, 0.1) is 0 Å². The summed E-state index contributed by atoms with van der Waals surface area (Å²) in [4.78, 5) is 18.3. The highest BCUT2D eigenvalue weighted by atomic mass is 35.5. The topological polar surface area (TPSA) is 71.7 Å². The van der Waals surface area contributed by atoms with E-state index in [1.807, 2.05) is 23.6 Å². The Balaban J connectivity index is 1.73.